The standard InChI is InChI=1S/C14H21N5O5/c1-14(2,3)24-13(23)18-10(11(21)22)7-9(8-20)17-12(15)19-6-4-5-16-19/h4-6,8-10H,7H2,1-3H3,(H2,15,17)(H,18,23)(H,21,22)/t9?,10-/m0/s1. The topological polar surface area (TPSA) is 146 Å². The van der Waals surface area contributed by atoms with E-state index in [1.807, 2.05) is 0 Å². The summed E-state index contributed by atoms with van der Waals surface area (Å²) in [6, 6.07) is -0.762. The van der Waals surface area contributed by atoms with E-state index in [0.29, 0.717) is 6.29 Å². The number of nitrogens with zero attached hydrogens (tertiary/aromatic N) is 2. The minimum absolute atomic E-state index is 0.196. The van der Waals surface area contributed by atoms with Crippen molar-refractivity contribution in [2.24, 2.45) is 0 Å². The molecule has 0 radical (unpaired) electrons. The fourth-order valence-corrected chi connectivity index (χ4v) is 1.72. The van der Waals surface area contributed by atoms with Crippen molar-refractivity contribution in [2.75, 3.05) is 0 Å². The predicted octanol–water partition coefficient (Wildman–Crippen LogP) is 0.191. The van der Waals surface area contributed by atoms with Crippen molar-refractivity contribution in [1.82, 2.24) is 20.4 Å². The van der Waals surface area contributed by atoms with E-state index in [1.165, 1.54) is 17.1 Å². The maximum atomic E-state index is 11.7. The lowest BCUT2D eigenvalue weighted by Crippen LogP contribution is -2.49. The fraction of sp³-hybridized carbons (Fsp3) is 0.500. The van der Waals surface area contributed by atoms with Gasteiger partial charge in [-0.15, -0.1) is 0 Å². The van der Waals surface area contributed by atoms with Crippen LogP contribution in [0, 0.1) is 5.41 Å². The van der Waals surface area contributed by atoms with E-state index in [9.17, 15) is 19.5 Å². The molecule has 1 heterocycles. The Hall–Kier alpha value is -2.91. The van der Waals surface area contributed by atoms with Gasteiger partial charge < -0.3 is 25.3 Å². The number of rotatable bonds is 6. The minimum atomic E-state index is -1.35. The van der Waals surface area contributed by atoms with E-state index in [4.69, 9.17) is 10.1 Å². The Morgan fingerprint density at radius 2 is 2.08 bits per heavy atom. The average molecular weight is 339 g/mol. The van der Waals surface area contributed by atoms with Gasteiger partial charge in [0.25, 0.3) is 0 Å². The number of carboxylic acid groups (broad SMARTS) is 1. The highest BCUT2D eigenvalue weighted by atomic mass is 16.6. The second kappa shape index (κ2) is 8.09. The van der Waals surface area contributed by atoms with Crippen molar-refractivity contribution < 1.29 is 24.2 Å². The van der Waals surface area contributed by atoms with Gasteiger partial charge in [-0.05, 0) is 26.8 Å². The summed E-state index contributed by atoms with van der Waals surface area (Å²) in [5.41, 5.74) is -0.780. The first-order valence-electron chi connectivity index (χ1n) is 7.15. The van der Waals surface area contributed by atoms with E-state index in [0.717, 1.165) is 0 Å². The molecule has 1 amide bonds. The molecule has 2 atom stereocenters. The van der Waals surface area contributed by atoms with E-state index in [1.54, 1.807) is 26.8 Å². The van der Waals surface area contributed by atoms with Crippen LogP contribution in [0.4, 0.5) is 4.79 Å². The zero-order chi connectivity index (χ0) is 18.3. The quantitative estimate of drug-likeness (QED) is 0.329. The third-order valence-electron chi connectivity index (χ3n) is 2.70. The van der Waals surface area contributed by atoms with Gasteiger partial charge in [-0.1, -0.05) is 0 Å². The maximum absolute atomic E-state index is 11.7. The van der Waals surface area contributed by atoms with Gasteiger partial charge in [0.05, 0.1) is 6.04 Å². The zero-order valence-corrected chi connectivity index (χ0v) is 13.6. The first kappa shape index (κ1) is 19.1. The normalized spacial score (nSPS) is 13.5. The molecule has 0 aliphatic carbocycles. The summed E-state index contributed by atoms with van der Waals surface area (Å²) in [5.74, 6) is -1.52. The number of amides is 1. The van der Waals surface area contributed by atoms with E-state index in [2.05, 4.69) is 15.7 Å². The Bertz CT molecular complexity index is 593. The molecule has 1 rings (SSSR count). The molecule has 132 valence electrons. The van der Waals surface area contributed by atoms with Crippen LogP contribution >= 0.6 is 0 Å². The molecule has 0 spiro atoms. The number of carbonyl (C=O) groups is 3. The highest BCUT2D eigenvalue weighted by Gasteiger charge is 2.27. The number of hydrogen-bond donors (Lipinski definition) is 4. The number of aromatic nitrogens is 2. The first-order chi connectivity index (χ1) is 11.1. The van der Waals surface area contributed by atoms with E-state index < -0.39 is 29.7 Å². The average Bonchev–Trinajstić information content (AvgIpc) is 2.97. The van der Waals surface area contributed by atoms with Gasteiger partial charge in [0.2, 0.25) is 5.96 Å². The van der Waals surface area contributed by atoms with Crippen LogP contribution in [0.1, 0.15) is 27.2 Å². The summed E-state index contributed by atoms with van der Waals surface area (Å²) in [7, 11) is 0. The van der Waals surface area contributed by atoms with Gasteiger partial charge in [-0.2, -0.15) is 5.10 Å². The van der Waals surface area contributed by atoms with Gasteiger partial charge in [0.15, 0.2) is 0 Å². The van der Waals surface area contributed by atoms with E-state index >= 15 is 0 Å². The van der Waals surface area contributed by atoms with Gasteiger partial charge in [-0.3, -0.25) is 5.41 Å². The van der Waals surface area contributed by atoms with Crippen molar-refractivity contribution in [2.45, 2.75) is 44.9 Å². The monoisotopic (exact) mass is 339 g/mol. The van der Waals surface area contributed by atoms with Crippen LogP contribution in [0.15, 0.2) is 18.5 Å². The molecule has 0 saturated heterocycles. The predicted molar refractivity (Wildman–Crippen MR) is 83.7 cm³/mol. The number of carbonyl (C=O) groups excluding carboxylic acids is 2. The molecule has 0 aliphatic heterocycles. The minimum Gasteiger partial charge on any atom is -0.480 e. The first-order valence-corrected chi connectivity index (χ1v) is 7.15. The number of aliphatic carboxylic acids is 1. The summed E-state index contributed by atoms with van der Waals surface area (Å²) in [6.45, 7) is 4.93. The van der Waals surface area contributed by atoms with Crippen LogP contribution in [0.25, 0.3) is 0 Å². The Kier molecular flexibility index (Phi) is 6.45. The number of aldehydes is 1. The largest absolute Gasteiger partial charge is 0.480 e. The van der Waals surface area contributed by atoms with Gasteiger partial charge in [0.1, 0.15) is 17.9 Å². The molecule has 24 heavy (non-hydrogen) atoms. The number of nitrogens with one attached hydrogen (secondary N) is 3. The molecular weight excluding hydrogens is 318 g/mol. The summed E-state index contributed by atoms with van der Waals surface area (Å²) in [4.78, 5) is 34.1. The summed E-state index contributed by atoms with van der Waals surface area (Å²) >= 11 is 0. The van der Waals surface area contributed by atoms with Crippen molar-refractivity contribution in [3.8, 4) is 0 Å². The molecule has 1 unspecified atom stereocenters. The molecular formula is C14H21N5O5. The number of carboxylic acids is 1. The highest BCUT2D eigenvalue weighted by Crippen LogP contribution is 2.08. The molecule has 4 N–H and O–H groups in total. The Balaban J connectivity index is 2.67. The second-order valence-electron chi connectivity index (χ2n) is 5.96. The summed E-state index contributed by atoms with van der Waals surface area (Å²) < 4.78 is 6.17. The Morgan fingerprint density at radius 1 is 1.42 bits per heavy atom. The molecule has 10 heteroatoms. The van der Waals surface area contributed by atoms with E-state index in [-0.39, 0.29) is 12.4 Å². The van der Waals surface area contributed by atoms with Gasteiger partial charge >= 0.3 is 12.1 Å². The van der Waals surface area contributed by atoms with Crippen LogP contribution < -0.4 is 10.6 Å². The van der Waals surface area contributed by atoms with Crippen molar-refractivity contribution in [1.29, 1.82) is 5.41 Å². The molecule has 0 aromatic carbocycles. The van der Waals surface area contributed by atoms with Gasteiger partial charge in [-0.25, -0.2) is 14.3 Å². The van der Waals surface area contributed by atoms with Crippen LogP contribution in [-0.2, 0) is 14.3 Å². The number of ether oxygens (including phenoxy) is 1. The molecule has 0 bridgehead atoms. The maximum Gasteiger partial charge on any atom is 0.408 e. The van der Waals surface area contributed by atoms with Crippen molar-refractivity contribution in [3.05, 3.63) is 18.5 Å². The van der Waals surface area contributed by atoms with Crippen molar-refractivity contribution >= 4 is 24.3 Å². The zero-order valence-electron chi connectivity index (χ0n) is 13.6. The lowest BCUT2D eigenvalue weighted by molar-refractivity contribution is -0.139. The second-order valence-corrected chi connectivity index (χ2v) is 5.96. The molecule has 1 aromatic rings. The van der Waals surface area contributed by atoms with Crippen LogP contribution in [0.3, 0.4) is 0 Å². The smallest absolute Gasteiger partial charge is 0.408 e. The number of hydrogen-bond acceptors (Lipinski definition) is 6. The Labute approximate surface area is 138 Å². The summed E-state index contributed by atoms with van der Waals surface area (Å²) in [6.07, 6.45) is 2.25. The SMILES string of the molecule is CC(C)(C)OC(=O)N[C@@H](CC(C=O)NC(=N)n1cccn1)C(=O)O. The third kappa shape index (κ3) is 6.46. The number of alkyl carbamates (subject to hydrolysis) is 1. The lowest BCUT2D eigenvalue weighted by atomic mass is 10.1. The van der Waals surface area contributed by atoms with Crippen LogP contribution in [0.5, 0.6) is 0 Å². The molecule has 0 saturated carbocycles. The summed E-state index contributed by atoms with van der Waals surface area (Å²) in [5, 5.41) is 25.5. The highest BCUT2D eigenvalue weighted by molar-refractivity contribution is 5.83. The van der Waals surface area contributed by atoms with Crippen LogP contribution in [0.2, 0.25) is 0 Å². The van der Waals surface area contributed by atoms with Crippen molar-refractivity contribution in [3.63, 3.8) is 0 Å². The molecule has 0 aliphatic rings. The molecule has 10 nitrogen and oxygen atoms in total. The van der Waals surface area contributed by atoms with Crippen LogP contribution in [-0.4, -0.2) is 56.9 Å². The Morgan fingerprint density at radius 3 is 2.54 bits per heavy atom. The molecule has 1 aromatic heterocycles. The molecule has 0 fully saturated rings. The lowest BCUT2D eigenvalue weighted by Gasteiger charge is -2.23. The fourth-order valence-electron chi connectivity index (χ4n) is 1.72. The van der Waals surface area contributed by atoms with Gasteiger partial charge in [0, 0.05) is 18.8 Å². The third-order valence-corrected chi connectivity index (χ3v) is 2.70.